The van der Waals surface area contributed by atoms with E-state index in [-0.39, 0.29) is 11.8 Å². The molecule has 1 saturated heterocycles. The number of hydrogen-bond acceptors (Lipinski definition) is 3. The third-order valence-electron chi connectivity index (χ3n) is 3.36. The maximum absolute atomic E-state index is 11.8. The van der Waals surface area contributed by atoms with Crippen LogP contribution in [0.15, 0.2) is 0 Å². The molecule has 5 nitrogen and oxygen atoms in total. The Labute approximate surface area is 94.2 Å². The molecule has 0 aromatic heterocycles. The van der Waals surface area contributed by atoms with Gasteiger partial charge in [0.25, 0.3) is 0 Å². The van der Waals surface area contributed by atoms with Gasteiger partial charge in [0.05, 0.1) is 23.8 Å². The Morgan fingerprint density at radius 2 is 2.19 bits per heavy atom. The topological polar surface area (TPSA) is 87.2 Å². The number of amides is 2. The van der Waals surface area contributed by atoms with Crippen molar-refractivity contribution in [3.8, 4) is 6.07 Å². The molecule has 2 aliphatic rings. The van der Waals surface area contributed by atoms with E-state index in [1.807, 2.05) is 0 Å². The average molecular weight is 220 g/mol. The molecule has 5 heteroatoms. The molecule has 1 atom stereocenters. The van der Waals surface area contributed by atoms with Crippen molar-refractivity contribution < 1.29 is 9.59 Å². The summed E-state index contributed by atoms with van der Waals surface area (Å²) in [6.45, 7) is 1.07. The second kappa shape index (κ2) is 3.78. The minimum atomic E-state index is -0.693. The Morgan fingerprint density at radius 1 is 1.50 bits per heavy atom. The predicted molar refractivity (Wildman–Crippen MR) is 55.5 cm³/mol. The normalized spacial score (nSPS) is 26.2. The zero-order valence-corrected chi connectivity index (χ0v) is 8.98. The molecule has 85 valence electrons. The van der Waals surface area contributed by atoms with Crippen molar-refractivity contribution in [2.75, 3.05) is 13.1 Å². The van der Waals surface area contributed by atoms with Crippen LogP contribution in [0.1, 0.15) is 19.3 Å². The van der Waals surface area contributed by atoms with Gasteiger partial charge >= 0.3 is 0 Å². The van der Waals surface area contributed by atoms with Crippen molar-refractivity contribution in [2.24, 2.45) is 17.1 Å². The van der Waals surface area contributed by atoms with Gasteiger partial charge in [0.15, 0.2) is 0 Å². The maximum Gasteiger partial charge on any atom is 0.227 e. The highest BCUT2D eigenvalue weighted by atomic mass is 16.2. The Balaban J connectivity index is 1.90. The van der Waals surface area contributed by atoms with Gasteiger partial charge in [-0.25, -0.2) is 0 Å². The van der Waals surface area contributed by atoms with Crippen molar-refractivity contribution >= 4 is 11.8 Å². The van der Waals surface area contributed by atoms with Crippen LogP contribution in [0.3, 0.4) is 0 Å². The maximum atomic E-state index is 11.8. The molecule has 2 fully saturated rings. The molecule has 0 unspecified atom stereocenters. The summed E-state index contributed by atoms with van der Waals surface area (Å²) in [7, 11) is 0. The van der Waals surface area contributed by atoms with Crippen molar-refractivity contribution in [1.29, 1.82) is 5.26 Å². The summed E-state index contributed by atoms with van der Waals surface area (Å²) in [4.78, 5) is 24.6. The molecule has 1 saturated carbocycles. The highest BCUT2D eigenvalue weighted by molar-refractivity contribution is 5.96. The highest BCUT2D eigenvalue weighted by Gasteiger charge is 2.51. The fourth-order valence-electron chi connectivity index (χ4n) is 1.99. The third-order valence-corrected chi connectivity index (χ3v) is 3.36. The molecule has 0 aromatic rings. The number of hydrogen-bond donors (Lipinski definition) is 1. The van der Waals surface area contributed by atoms with E-state index in [9.17, 15) is 9.59 Å². The van der Waals surface area contributed by atoms with Crippen LogP contribution in [0.5, 0.6) is 0 Å². The second-order valence-electron chi connectivity index (χ2n) is 4.56. The fourth-order valence-corrected chi connectivity index (χ4v) is 1.99. The molecule has 2 N–H and O–H groups in total. The summed E-state index contributed by atoms with van der Waals surface area (Å²) in [5.74, 6) is -0.646. The SMILES string of the molecule is N#C[C@@H]1CCN(C(=O)[CH]C2(C(N)=O)CC2)C1. The molecule has 0 aromatic carbocycles. The number of nitrogens with two attached hydrogens (primary N) is 1. The van der Waals surface area contributed by atoms with E-state index in [0.717, 1.165) is 6.42 Å². The van der Waals surface area contributed by atoms with E-state index in [4.69, 9.17) is 11.0 Å². The average Bonchev–Trinajstić information content (AvgIpc) is 2.88. The standard InChI is InChI=1S/C11H14N3O2/c12-6-8-1-4-14(7-8)9(15)5-11(2-3-11)10(13)16/h5,8H,1-4,7H2,(H2,13,16)/t8-/m0/s1. The van der Waals surface area contributed by atoms with Gasteiger partial charge in [0.2, 0.25) is 11.8 Å². The Hall–Kier alpha value is -1.57. The highest BCUT2D eigenvalue weighted by Crippen LogP contribution is 2.48. The fraction of sp³-hybridized carbons (Fsp3) is 0.636. The van der Waals surface area contributed by atoms with Crippen LogP contribution in [0, 0.1) is 29.1 Å². The lowest BCUT2D eigenvalue weighted by Crippen LogP contribution is -2.35. The summed E-state index contributed by atoms with van der Waals surface area (Å²) in [5.41, 5.74) is 4.55. The molecule has 16 heavy (non-hydrogen) atoms. The lowest BCUT2D eigenvalue weighted by molar-refractivity contribution is -0.130. The lowest BCUT2D eigenvalue weighted by atomic mass is 10.0. The summed E-state index contributed by atoms with van der Waals surface area (Å²) in [6, 6.07) is 2.15. The first-order valence-electron chi connectivity index (χ1n) is 5.42. The molecule has 0 bridgehead atoms. The zero-order valence-electron chi connectivity index (χ0n) is 8.98. The summed E-state index contributed by atoms with van der Waals surface area (Å²) >= 11 is 0. The Bertz CT molecular complexity index is 368. The van der Waals surface area contributed by atoms with Crippen LogP contribution in [-0.2, 0) is 9.59 Å². The van der Waals surface area contributed by atoms with Crippen LogP contribution in [-0.4, -0.2) is 29.8 Å². The van der Waals surface area contributed by atoms with E-state index in [0.29, 0.717) is 25.9 Å². The van der Waals surface area contributed by atoms with Crippen LogP contribution >= 0.6 is 0 Å². The van der Waals surface area contributed by atoms with E-state index < -0.39 is 11.3 Å². The van der Waals surface area contributed by atoms with Crippen LogP contribution in [0.25, 0.3) is 0 Å². The van der Waals surface area contributed by atoms with Gasteiger partial charge in [-0.05, 0) is 19.3 Å². The van der Waals surface area contributed by atoms with Crippen LogP contribution < -0.4 is 5.73 Å². The van der Waals surface area contributed by atoms with Gasteiger partial charge in [0.1, 0.15) is 0 Å². The Morgan fingerprint density at radius 3 is 2.62 bits per heavy atom. The lowest BCUT2D eigenvalue weighted by Gasteiger charge is -2.18. The van der Waals surface area contributed by atoms with Gasteiger partial charge in [-0.2, -0.15) is 5.26 Å². The monoisotopic (exact) mass is 220 g/mol. The quantitative estimate of drug-likeness (QED) is 0.716. The smallest absolute Gasteiger partial charge is 0.227 e. The molecule has 1 heterocycles. The zero-order chi connectivity index (χ0) is 11.8. The third kappa shape index (κ3) is 1.87. The largest absolute Gasteiger partial charge is 0.369 e. The number of nitrogens with zero attached hydrogens (tertiary/aromatic N) is 2. The first kappa shape index (κ1) is 10.9. The van der Waals surface area contributed by atoms with Crippen molar-refractivity contribution in [3.63, 3.8) is 0 Å². The number of carbonyl (C=O) groups excluding carboxylic acids is 2. The number of likely N-dealkylation sites (tertiary alicyclic amines) is 1. The minimum absolute atomic E-state index is 0.0684. The van der Waals surface area contributed by atoms with Gasteiger partial charge in [-0.3, -0.25) is 9.59 Å². The molecule has 2 rings (SSSR count). The molecule has 1 aliphatic heterocycles. The molecule has 2 amide bonds. The van der Waals surface area contributed by atoms with Gasteiger partial charge < -0.3 is 10.6 Å². The van der Waals surface area contributed by atoms with E-state index in [1.165, 1.54) is 6.42 Å². The molecule has 0 spiro atoms. The molecular weight excluding hydrogens is 206 g/mol. The Kier molecular flexibility index (Phi) is 2.58. The number of primary amides is 1. The number of nitriles is 1. The van der Waals surface area contributed by atoms with Crippen molar-refractivity contribution in [3.05, 3.63) is 6.42 Å². The van der Waals surface area contributed by atoms with Gasteiger partial charge in [-0.15, -0.1) is 0 Å². The number of rotatable bonds is 3. The molecule has 1 aliphatic carbocycles. The predicted octanol–water partition coefficient (Wildman–Crippen LogP) is -0.172. The van der Waals surface area contributed by atoms with Crippen LogP contribution in [0.2, 0.25) is 0 Å². The minimum Gasteiger partial charge on any atom is -0.369 e. The van der Waals surface area contributed by atoms with Crippen molar-refractivity contribution in [1.82, 2.24) is 4.90 Å². The summed E-state index contributed by atoms with van der Waals surface area (Å²) < 4.78 is 0. The molecular formula is C11H14N3O2. The second-order valence-corrected chi connectivity index (χ2v) is 4.56. The first-order valence-corrected chi connectivity index (χ1v) is 5.42. The van der Waals surface area contributed by atoms with E-state index in [1.54, 1.807) is 4.90 Å². The van der Waals surface area contributed by atoms with Gasteiger partial charge in [0, 0.05) is 13.1 Å². The van der Waals surface area contributed by atoms with Gasteiger partial charge in [-0.1, -0.05) is 0 Å². The summed E-state index contributed by atoms with van der Waals surface area (Å²) in [5, 5.41) is 8.73. The van der Waals surface area contributed by atoms with Crippen LogP contribution in [0.4, 0.5) is 0 Å². The summed E-state index contributed by atoms with van der Waals surface area (Å²) in [6.07, 6.45) is 3.50. The molecule has 1 radical (unpaired) electrons. The van der Waals surface area contributed by atoms with Crippen molar-refractivity contribution in [2.45, 2.75) is 19.3 Å². The van der Waals surface area contributed by atoms with E-state index >= 15 is 0 Å². The number of carbonyl (C=O) groups is 2. The van der Waals surface area contributed by atoms with E-state index in [2.05, 4.69) is 6.07 Å². The first-order chi connectivity index (χ1) is 7.57.